The molecule has 5 atom stereocenters. The molecule has 0 radical (unpaired) electrons. The summed E-state index contributed by atoms with van der Waals surface area (Å²) in [6.07, 6.45) is -0.0146. The third kappa shape index (κ3) is 3.37. The maximum absolute atomic E-state index is 6.49. The van der Waals surface area contributed by atoms with Crippen LogP contribution >= 0.6 is 0 Å². The normalized spacial score (nSPS) is 37.6. The molecular weight excluding hydrogens is 284 g/mol. The molecule has 4 nitrogen and oxygen atoms in total. The van der Waals surface area contributed by atoms with Crippen molar-refractivity contribution < 1.29 is 18.6 Å². The van der Waals surface area contributed by atoms with E-state index in [2.05, 4.69) is 47.7 Å². The first kappa shape index (κ1) is 17.4. The predicted octanol–water partition coefficient (Wildman–Crippen LogP) is 3.70. The molecule has 0 spiro atoms. The van der Waals surface area contributed by atoms with Crippen LogP contribution in [-0.2, 0) is 18.6 Å². The summed E-state index contributed by atoms with van der Waals surface area (Å²) >= 11 is 0. The van der Waals surface area contributed by atoms with Gasteiger partial charge in [-0.3, -0.25) is 0 Å². The minimum Gasteiger partial charge on any atom is -0.411 e. The van der Waals surface area contributed by atoms with Crippen molar-refractivity contribution in [3.8, 4) is 0 Å². The van der Waals surface area contributed by atoms with E-state index in [1.807, 2.05) is 13.8 Å². The quantitative estimate of drug-likeness (QED) is 0.744. The number of fused-ring (bicyclic) bond motifs is 1. The van der Waals surface area contributed by atoms with Gasteiger partial charge in [0.1, 0.15) is 18.3 Å². The molecule has 0 aromatic heterocycles. The van der Waals surface area contributed by atoms with Crippen LogP contribution in [-0.4, -0.2) is 44.6 Å². The summed E-state index contributed by atoms with van der Waals surface area (Å²) in [6, 6.07) is 0. The third-order valence-corrected chi connectivity index (χ3v) is 9.64. The van der Waals surface area contributed by atoms with Crippen LogP contribution in [0.3, 0.4) is 0 Å². The van der Waals surface area contributed by atoms with Crippen molar-refractivity contribution in [2.24, 2.45) is 0 Å². The van der Waals surface area contributed by atoms with Gasteiger partial charge in [-0.1, -0.05) is 20.8 Å². The van der Waals surface area contributed by atoms with Crippen LogP contribution < -0.4 is 0 Å². The highest BCUT2D eigenvalue weighted by Gasteiger charge is 2.56. The van der Waals surface area contributed by atoms with Crippen molar-refractivity contribution in [2.45, 2.75) is 103 Å². The minimum atomic E-state index is -1.81. The molecule has 0 aliphatic carbocycles. The topological polar surface area (TPSA) is 36.9 Å². The molecule has 2 rings (SSSR count). The van der Waals surface area contributed by atoms with Crippen LogP contribution in [0.2, 0.25) is 18.1 Å². The predicted molar refractivity (Wildman–Crippen MR) is 85.9 cm³/mol. The molecule has 2 aliphatic rings. The SMILES string of the molecule is CC(O[Si](C)(C)C(C)(C)C)C1OC(C)C2OC(C)(C)OC12. The second kappa shape index (κ2) is 5.30. The first-order valence-corrected chi connectivity index (χ1v) is 10.9. The Kier molecular flexibility index (Phi) is 4.40. The first-order chi connectivity index (χ1) is 9.34. The zero-order valence-electron chi connectivity index (χ0n) is 15.0. The van der Waals surface area contributed by atoms with Crippen molar-refractivity contribution in [2.75, 3.05) is 0 Å². The van der Waals surface area contributed by atoms with Crippen LogP contribution in [0, 0.1) is 0 Å². The Morgan fingerprint density at radius 2 is 1.62 bits per heavy atom. The Labute approximate surface area is 130 Å². The first-order valence-electron chi connectivity index (χ1n) is 8.03. The zero-order chi connectivity index (χ0) is 16.2. The standard InChI is InChI=1S/C16H32O4Si/c1-10-13-14(19-16(6,7)18-13)12(17-10)11(2)20-21(8,9)15(3,4)5/h10-14H,1-9H3. The van der Waals surface area contributed by atoms with Gasteiger partial charge in [0.25, 0.3) is 0 Å². The summed E-state index contributed by atoms with van der Waals surface area (Å²) in [6.45, 7) is 19.4. The maximum atomic E-state index is 6.49. The molecule has 0 saturated carbocycles. The molecule has 5 unspecified atom stereocenters. The van der Waals surface area contributed by atoms with Gasteiger partial charge in [0.2, 0.25) is 0 Å². The second-order valence-corrected chi connectivity index (χ2v) is 13.2. The lowest BCUT2D eigenvalue weighted by molar-refractivity contribution is -0.193. The zero-order valence-corrected chi connectivity index (χ0v) is 16.0. The van der Waals surface area contributed by atoms with E-state index in [1.54, 1.807) is 0 Å². The summed E-state index contributed by atoms with van der Waals surface area (Å²) in [5.74, 6) is -0.525. The third-order valence-electron chi connectivity index (χ3n) is 5.07. The van der Waals surface area contributed by atoms with E-state index in [9.17, 15) is 0 Å². The molecule has 0 aromatic rings. The van der Waals surface area contributed by atoms with Crippen molar-refractivity contribution in [1.82, 2.24) is 0 Å². The van der Waals surface area contributed by atoms with Gasteiger partial charge in [-0.15, -0.1) is 0 Å². The van der Waals surface area contributed by atoms with Crippen LogP contribution in [0.25, 0.3) is 0 Å². The van der Waals surface area contributed by atoms with Crippen molar-refractivity contribution >= 4 is 8.32 Å². The van der Waals surface area contributed by atoms with Gasteiger partial charge < -0.3 is 18.6 Å². The van der Waals surface area contributed by atoms with Crippen LogP contribution in [0.15, 0.2) is 0 Å². The highest BCUT2D eigenvalue weighted by Crippen LogP contribution is 2.42. The fourth-order valence-corrected chi connectivity index (χ4v) is 4.34. The lowest BCUT2D eigenvalue weighted by Gasteiger charge is -2.40. The number of hydrogen-bond acceptors (Lipinski definition) is 4. The number of ether oxygens (including phenoxy) is 3. The van der Waals surface area contributed by atoms with Gasteiger partial charge in [0.15, 0.2) is 14.1 Å². The summed E-state index contributed by atoms with van der Waals surface area (Å²) in [5.41, 5.74) is 0. The molecule has 0 bridgehead atoms. The average molecular weight is 317 g/mol. The fourth-order valence-electron chi connectivity index (χ4n) is 2.92. The van der Waals surface area contributed by atoms with Gasteiger partial charge in [-0.25, -0.2) is 0 Å². The largest absolute Gasteiger partial charge is 0.411 e. The molecule has 0 amide bonds. The molecule has 5 heteroatoms. The molecule has 0 aromatic carbocycles. The van der Waals surface area contributed by atoms with Gasteiger partial charge in [-0.05, 0) is 45.8 Å². The highest BCUT2D eigenvalue weighted by molar-refractivity contribution is 6.74. The Morgan fingerprint density at radius 3 is 2.14 bits per heavy atom. The maximum Gasteiger partial charge on any atom is 0.192 e. The molecule has 2 aliphatic heterocycles. The van der Waals surface area contributed by atoms with Crippen LogP contribution in [0.1, 0.15) is 48.5 Å². The lowest BCUT2D eigenvalue weighted by atomic mass is 10.1. The van der Waals surface area contributed by atoms with Crippen molar-refractivity contribution in [1.29, 1.82) is 0 Å². The Bertz CT molecular complexity index is 388. The smallest absolute Gasteiger partial charge is 0.192 e. The highest BCUT2D eigenvalue weighted by atomic mass is 28.4. The van der Waals surface area contributed by atoms with Gasteiger partial charge >= 0.3 is 0 Å². The molecule has 2 fully saturated rings. The molecular formula is C16H32O4Si. The van der Waals surface area contributed by atoms with Crippen LogP contribution in [0.4, 0.5) is 0 Å². The Hall–Kier alpha value is 0.0569. The van der Waals surface area contributed by atoms with E-state index in [0.717, 1.165) is 0 Å². The van der Waals surface area contributed by atoms with Gasteiger partial charge in [-0.2, -0.15) is 0 Å². The summed E-state index contributed by atoms with van der Waals surface area (Å²) in [4.78, 5) is 0. The van der Waals surface area contributed by atoms with E-state index in [-0.39, 0.29) is 35.6 Å². The van der Waals surface area contributed by atoms with E-state index in [1.165, 1.54) is 0 Å². The second-order valence-electron chi connectivity index (χ2n) is 8.45. The van der Waals surface area contributed by atoms with E-state index >= 15 is 0 Å². The molecule has 124 valence electrons. The monoisotopic (exact) mass is 316 g/mol. The average Bonchev–Trinajstić information content (AvgIpc) is 2.72. The van der Waals surface area contributed by atoms with Gasteiger partial charge in [0.05, 0.1) is 12.2 Å². The number of hydrogen-bond donors (Lipinski definition) is 0. The van der Waals surface area contributed by atoms with Crippen molar-refractivity contribution in [3.05, 3.63) is 0 Å². The van der Waals surface area contributed by atoms with E-state index in [4.69, 9.17) is 18.6 Å². The van der Waals surface area contributed by atoms with Gasteiger partial charge in [0, 0.05) is 0 Å². The Balaban J connectivity index is 2.09. The number of rotatable bonds is 3. The van der Waals surface area contributed by atoms with Crippen molar-refractivity contribution in [3.63, 3.8) is 0 Å². The summed E-state index contributed by atoms with van der Waals surface area (Å²) in [5, 5.41) is 0.192. The molecule has 0 N–H and O–H groups in total. The van der Waals surface area contributed by atoms with Crippen LogP contribution in [0.5, 0.6) is 0 Å². The molecule has 21 heavy (non-hydrogen) atoms. The Morgan fingerprint density at radius 1 is 1.10 bits per heavy atom. The fraction of sp³-hybridized carbons (Fsp3) is 1.00. The minimum absolute atomic E-state index is 0.00969. The summed E-state index contributed by atoms with van der Waals surface area (Å²) in [7, 11) is -1.81. The van der Waals surface area contributed by atoms with E-state index < -0.39 is 14.1 Å². The summed E-state index contributed by atoms with van der Waals surface area (Å²) < 4.78 is 24.6. The lowest BCUT2D eigenvalue weighted by Crippen LogP contribution is -2.48. The molecule has 2 saturated heterocycles. The molecule has 2 heterocycles. The van der Waals surface area contributed by atoms with E-state index in [0.29, 0.717) is 0 Å².